The molecular weight excluding hydrogens is 310 g/mol. The first-order valence-electron chi connectivity index (χ1n) is 7.67. The van der Waals surface area contributed by atoms with Crippen molar-refractivity contribution in [3.8, 4) is 0 Å². The molecule has 2 heterocycles. The van der Waals surface area contributed by atoms with E-state index in [4.69, 9.17) is 0 Å². The third kappa shape index (κ3) is 3.76. The van der Waals surface area contributed by atoms with Gasteiger partial charge in [-0.3, -0.25) is 9.59 Å². The lowest BCUT2D eigenvalue weighted by Gasteiger charge is -2.16. The van der Waals surface area contributed by atoms with Gasteiger partial charge in [-0.2, -0.15) is 0 Å². The predicted molar refractivity (Wildman–Crippen MR) is 90.5 cm³/mol. The molecule has 1 fully saturated rings. The number of hydrogen-bond donors (Lipinski definition) is 1. The lowest BCUT2D eigenvalue weighted by Crippen LogP contribution is -2.34. The summed E-state index contributed by atoms with van der Waals surface area (Å²) in [5.74, 6) is -0.324. The molecule has 0 aliphatic carbocycles. The highest BCUT2D eigenvalue weighted by atomic mass is 32.1. The van der Waals surface area contributed by atoms with Crippen LogP contribution in [-0.2, 0) is 16.0 Å². The van der Waals surface area contributed by atoms with Crippen molar-refractivity contribution in [3.05, 3.63) is 46.4 Å². The van der Waals surface area contributed by atoms with E-state index in [2.05, 4.69) is 10.3 Å². The molecule has 0 radical (unpaired) electrons. The number of benzene rings is 1. The zero-order chi connectivity index (χ0) is 16.2. The Morgan fingerprint density at radius 2 is 2.17 bits per heavy atom. The number of carbonyl (C=O) groups is 2. The molecule has 1 aromatic carbocycles. The topological polar surface area (TPSA) is 62.3 Å². The van der Waals surface area contributed by atoms with Gasteiger partial charge in [-0.15, -0.1) is 11.3 Å². The quantitative estimate of drug-likeness (QED) is 0.914. The van der Waals surface area contributed by atoms with Crippen LogP contribution in [0, 0.1) is 12.8 Å². The monoisotopic (exact) mass is 329 g/mol. The highest BCUT2D eigenvalue weighted by Gasteiger charge is 2.34. The van der Waals surface area contributed by atoms with E-state index in [0.717, 1.165) is 22.8 Å². The van der Waals surface area contributed by atoms with E-state index < -0.39 is 0 Å². The van der Waals surface area contributed by atoms with Crippen molar-refractivity contribution in [2.75, 3.05) is 18.0 Å². The highest BCUT2D eigenvalue weighted by molar-refractivity contribution is 7.09. The molecule has 3 rings (SSSR count). The van der Waals surface area contributed by atoms with E-state index in [1.165, 1.54) is 0 Å². The van der Waals surface area contributed by atoms with Crippen LogP contribution in [0.25, 0.3) is 0 Å². The Hall–Kier alpha value is -2.21. The van der Waals surface area contributed by atoms with Crippen LogP contribution < -0.4 is 10.2 Å². The SMILES string of the molecule is Cc1nc(CCNC(=O)C2CC(=O)N(c3ccccc3)C2)cs1. The van der Waals surface area contributed by atoms with E-state index in [1.807, 2.05) is 42.6 Å². The number of nitrogens with zero attached hydrogens (tertiary/aromatic N) is 2. The molecule has 1 aliphatic rings. The molecule has 1 aliphatic heterocycles. The molecule has 1 unspecified atom stereocenters. The molecule has 1 aromatic heterocycles. The predicted octanol–water partition coefficient (Wildman–Crippen LogP) is 2.16. The molecule has 120 valence electrons. The fraction of sp³-hybridized carbons (Fsp3) is 0.353. The Bertz CT molecular complexity index is 699. The third-order valence-electron chi connectivity index (χ3n) is 3.91. The first kappa shape index (κ1) is 15.7. The molecule has 2 aromatic rings. The molecule has 2 amide bonds. The van der Waals surface area contributed by atoms with Gasteiger partial charge >= 0.3 is 0 Å². The lowest BCUT2D eigenvalue weighted by molar-refractivity contribution is -0.126. The minimum absolute atomic E-state index is 0.00600. The van der Waals surface area contributed by atoms with Crippen molar-refractivity contribution in [1.29, 1.82) is 0 Å². The number of hydrogen-bond acceptors (Lipinski definition) is 4. The zero-order valence-electron chi connectivity index (χ0n) is 13.0. The van der Waals surface area contributed by atoms with Gasteiger partial charge in [0.1, 0.15) is 0 Å². The maximum absolute atomic E-state index is 12.3. The smallest absolute Gasteiger partial charge is 0.227 e. The molecule has 0 spiro atoms. The van der Waals surface area contributed by atoms with Crippen LogP contribution in [-0.4, -0.2) is 29.9 Å². The number of carbonyl (C=O) groups excluding carboxylic acids is 2. The Kier molecular flexibility index (Phi) is 4.71. The average molecular weight is 329 g/mol. The van der Waals surface area contributed by atoms with Gasteiger partial charge in [-0.1, -0.05) is 18.2 Å². The van der Waals surface area contributed by atoms with Gasteiger partial charge < -0.3 is 10.2 Å². The largest absolute Gasteiger partial charge is 0.355 e. The number of thiazole rings is 1. The summed E-state index contributed by atoms with van der Waals surface area (Å²) < 4.78 is 0. The van der Waals surface area contributed by atoms with Gasteiger partial charge in [-0.25, -0.2) is 4.98 Å². The Morgan fingerprint density at radius 1 is 1.39 bits per heavy atom. The van der Waals surface area contributed by atoms with Crippen LogP contribution in [0.4, 0.5) is 5.69 Å². The summed E-state index contributed by atoms with van der Waals surface area (Å²) in [6, 6.07) is 9.48. The van der Waals surface area contributed by atoms with Gasteiger partial charge in [0.25, 0.3) is 0 Å². The molecule has 1 saturated heterocycles. The fourth-order valence-electron chi connectivity index (χ4n) is 2.72. The normalized spacial score (nSPS) is 17.5. The van der Waals surface area contributed by atoms with Crippen LogP contribution in [0.3, 0.4) is 0 Å². The molecular formula is C17H19N3O2S. The van der Waals surface area contributed by atoms with Crippen LogP contribution >= 0.6 is 11.3 Å². The second-order valence-electron chi connectivity index (χ2n) is 5.64. The summed E-state index contributed by atoms with van der Waals surface area (Å²) in [4.78, 5) is 30.4. The highest BCUT2D eigenvalue weighted by Crippen LogP contribution is 2.24. The van der Waals surface area contributed by atoms with E-state index in [0.29, 0.717) is 13.1 Å². The van der Waals surface area contributed by atoms with Crippen LogP contribution in [0.5, 0.6) is 0 Å². The van der Waals surface area contributed by atoms with Gasteiger partial charge in [0.05, 0.1) is 16.6 Å². The van der Waals surface area contributed by atoms with E-state index >= 15 is 0 Å². The van der Waals surface area contributed by atoms with Crippen molar-refractivity contribution in [2.45, 2.75) is 19.8 Å². The summed E-state index contributed by atoms with van der Waals surface area (Å²) in [6.07, 6.45) is 0.996. The zero-order valence-corrected chi connectivity index (χ0v) is 13.8. The van der Waals surface area contributed by atoms with Crippen molar-refractivity contribution in [1.82, 2.24) is 10.3 Å². The number of nitrogens with one attached hydrogen (secondary N) is 1. The lowest BCUT2D eigenvalue weighted by atomic mass is 10.1. The molecule has 0 saturated carbocycles. The Morgan fingerprint density at radius 3 is 2.87 bits per heavy atom. The Labute approximate surface area is 139 Å². The second kappa shape index (κ2) is 6.91. The Balaban J connectivity index is 1.51. The maximum atomic E-state index is 12.3. The number of rotatable bonds is 5. The summed E-state index contributed by atoms with van der Waals surface area (Å²) in [5.41, 5.74) is 1.85. The molecule has 23 heavy (non-hydrogen) atoms. The van der Waals surface area contributed by atoms with Gasteiger partial charge in [0.2, 0.25) is 11.8 Å². The van der Waals surface area contributed by atoms with Crippen LogP contribution in [0.1, 0.15) is 17.1 Å². The number of anilines is 1. The summed E-state index contributed by atoms with van der Waals surface area (Å²) in [5, 5.41) is 5.97. The molecule has 0 bridgehead atoms. The number of aromatic nitrogens is 1. The number of amides is 2. The summed E-state index contributed by atoms with van der Waals surface area (Å²) >= 11 is 1.61. The first-order chi connectivity index (χ1) is 11.1. The van der Waals surface area contributed by atoms with Crippen molar-refractivity contribution in [3.63, 3.8) is 0 Å². The molecule has 6 heteroatoms. The standard InChI is InChI=1S/C17H19N3O2S/c1-12-19-14(11-23-12)7-8-18-17(22)13-9-16(21)20(10-13)15-5-3-2-4-6-15/h2-6,11,13H,7-10H2,1H3,(H,18,22). The number of aryl methyl sites for hydroxylation is 1. The van der Waals surface area contributed by atoms with Gasteiger partial charge in [0, 0.05) is 37.0 Å². The van der Waals surface area contributed by atoms with Crippen LogP contribution in [0.2, 0.25) is 0 Å². The second-order valence-corrected chi connectivity index (χ2v) is 6.70. The van der Waals surface area contributed by atoms with Crippen molar-refractivity contribution < 1.29 is 9.59 Å². The number of para-hydroxylation sites is 1. The maximum Gasteiger partial charge on any atom is 0.227 e. The van der Waals surface area contributed by atoms with Gasteiger partial charge in [0.15, 0.2) is 0 Å². The van der Waals surface area contributed by atoms with Crippen molar-refractivity contribution in [2.24, 2.45) is 5.92 Å². The minimum Gasteiger partial charge on any atom is -0.355 e. The van der Waals surface area contributed by atoms with Gasteiger partial charge in [-0.05, 0) is 19.1 Å². The van der Waals surface area contributed by atoms with E-state index in [1.54, 1.807) is 16.2 Å². The van der Waals surface area contributed by atoms with E-state index in [9.17, 15) is 9.59 Å². The fourth-order valence-corrected chi connectivity index (χ4v) is 3.37. The molecule has 5 nitrogen and oxygen atoms in total. The summed E-state index contributed by atoms with van der Waals surface area (Å²) in [7, 11) is 0. The third-order valence-corrected chi connectivity index (χ3v) is 4.73. The molecule has 1 atom stereocenters. The average Bonchev–Trinajstić information content (AvgIpc) is 3.14. The van der Waals surface area contributed by atoms with Crippen LogP contribution in [0.15, 0.2) is 35.7 Å². The van der Waals surface area contributed by atoms with E-state index in [-0.39, 0.29) is 24.2 Å². The summed E-state index contributed by atoms with van der Waals surface area (Å²) in [6.45, 7) is 2.97. The molecule has 1 N–H and O–H groups in total. The first-order valence-corrected chi connectivity index (χ1v) is 8.55. The van der Waals surface area contributed by atoms with Crippen molar-refractivity contribution >= 4 is 28.8 Å². The minimum atomic E-state index is -0.278.